The SMILES string of the molecule is Cc1c(OCC(=O)N2CCc3nc(N)sc3C2)ccc2c3c(c(=O)oc12)CCCC3. The van der Waals surface area contributed by atoms with E-state index in [9.17, 15) is 9.59 Å². The zero-order chi connectivity index (χ0) is 20.8. The van der Waals surface area contributed by atoms with Crippen molar-refractivity contribution in [2.45, 2.75) is 45.6 Å². The molecule has 3 heterocycles. The number of thiazole rings is 1. The van der Waals surface area contributed by atoms with Crippen molar-refractivity contribution in [3.63, 3.8) is 0 Å². The average molecular weight is 426 g/mol. The van der Waals surface area contributed by atoms with Crippen molar-refractivity contribution in [3.05, 3.63) is 49.8 Å². The van der Waals surface area contributed by atoms with Gasteiger partial charge in [-0.05, 0) is 50.3 Å². The number of rotatable bonds is 3. The van der Waals surface area contributed by atoms with Crippen LogP contribution in [0.5, 0.6) is 5.75 Å². The average Bonchev–Trinajstić information content (AvgIpc) is 3.13. The number of nitrogens with two attached hydrogens (primary N) is 1. The maximum atomic E-state index is 12.7. The lowest BCUT2D eigenvalue weighted by Crippen LogP contribution is -2.38. The molecule has 1 aliphatic carbocycles. The maximum Gasteiger partial charge on any atom is 0.339 e. The number of nitrogen functional groups attached to an aromatic ring is 1. The molecule has 0 unspecified atom stereocenters. The molecule has 1 amide bonds. The van der Waals surface area contributed by atoms with Crippen LogP contribution in [0, 0.1) is 6.92 Å². The second-order valence-corrected chi connectivity index (χ2v) is 9.01. The number of fused-ring (bicyclic) bond motifs is 4. The van der Waals surface area contributed by atoms with Crippen molar-refractivity contribution in [2.75, 3.05) is 18.9 Å². The van der Waals surface area contributed by atoms with Crippen LogP contribution in [0.2, 0.25) is 0 Å². The Morgan fingerprint density at radius 2 is 2.07 bits per heavy atom. The number of benzene rings is 1. The standard InChI is InChI=1S/C22H23N3O4S/c1-12-17(7-6-14-13-4-2-3-5-15(13)21(27)29-20(12)14)28-11-19(26)25-9-8-16-18(10-25)30-22(23)24-16/h6-7H,2-5,8-11H2,1H3,(H2,23,24). The van der Waals surface area contributed by atoms with Gasteiger partial charge in [0.05, 0.1) is 12.2 Å². The van der Waals surface area contributed by atoms with Gasteiger partial charge in [0.15, 0.2) is 11.7 Å². The van der Waals surface area contributed by atoms with Crippen molar-refractivity contribution < 1.29 is 13.9 Å². The smallest absolute Gasteiger partial charge is 0.339 e. The van der Waals surface area contributed by atoms with Gasteiger partial charge in [0, 0.05) is 34.4 Å². The summed E-state index contributed by atoms with van der Waals surface area (Å²) in [5.74, 6) is 0.480. The Morgan fingerprint density at radius 1 is 1.27 bits per heavy atom. The lowest BCUT2D eigenvalue weighted by molar-refractivity contribution is -0.134. The van der Waals surface area contributed by atoms with Gasteiger partial charge in [-0.1, -0.05) is 0 Å². The summed E-state index contributed by atoms with van der Waals surface area (Å²) in [7, 11) is 0. The van der Waals surface area contributed by atoms with Crippen LogP contribution in [0.4, 0.5) is 5.13 Å². The van der Waals surface area contributed by atoms with E-state index in [-0.39, 0.29) is 18.1 Å². The van der Waals surface area contributed by atoms with Gasteiger partial charge in [-0.25, -0.2) is 9.78 Å². The number of aromatic nitrogens is 1. The highest BCUT2D eigenvalue weighted by molar-refractivity contribution is 7.15. The highest BCUT2D eigenvalue weighted by atomic mass is 32.1. The Hall–Kier alpha value is -2.87. The number of nitrogens with zero attached hydrogens (tertiary/aromatic N) is 2. The summed E-state index contributed by atoms with van der Waals surface area (Å²) in [6.45, 7) is 2.93. The molecule has 2 aromatic heterocycles. The third-order valence-electron chi connectivity index (χ3n) is 6.04. The summed E-state index contributed by atoms with van der Waals surface area (Å²) in [5, 5.41) is 1.52. The number of hydrogen-bond acceptors (Lipinski definition) is 7. The van der Waals surface area contributed by atoms with Gasteiger partial charge in [-0.3, -0.25) is 4.79 Å². The van der Waals surface area contributed by atoms with E-state index in [4.69, 9.17) is 14.9 Å². The van der Waals surface area contributed by atoms with E-state index in [0.29, 0.717) is 36.0 Å². The van der Waals surface area contributed by atoms with Crippen LogP contribution in [0.25, 0.3) is 11.0 Å². The summed E-state index contributed by atoms with van der Waals surface area (Å²) >= 11 is 1.43. The fourth-order valence-corrected chi connectivity index (χ4v) is 5.33. The summed E-state index contributed by atoms with van der Waals surface area (Å²) in [6, 6.07) is 3.82. The molecule has 0 bridgehead atoms. The zero-order valence-corrected chi connectivity index (χ0v) is 17.6. The van der Waals surface area contributed by atoms with Crippen LogP contribution >= 0.6 is 11.3 Å². The molecule has 5 rings (SSSR count). The fourth-order valence-electron chi connectivity index (χ4n) is 4.44. The number of anilines is 1. The van der Waals surface area contributed by atoms with E-state index < -0.39 is 0 Å². The summed E-state index contributed by atoms with van der Waals surface area (Å²) < 4.78 is 11.5. The molecular weight excluding hydrogens is 402 g/mol. The summed E-state index contributed by atoms with van der Waals surface area (Å²) in [6.07, 6.45) is 4.50. The monoisotopic (exact) mass is 425 g/mol. The lowest BCUT2D eigenvalue weighted by Gasteiger charge is -2.26. The van der Waals surface area contributed by atoms with Gasteiger partial charge >= 0.3 is 5.63 Å². The van der Waals surface area contributed by atoms with Crippen LogP contribution < -0.4 is 16.1 Å². The normalized spacial score (nSPS) is 15.7. The predicted octanol–water partition coefficient (Wildman–Crippen LogP) is 2.98. The van der Waals surface area contributed by atoms with E-state index in [1.165, 1.54) is 11.3 Å². The van der Waals surface area contributed by atoms with Crippen LogP contribution in [0.15, 0.2) is 21.3 Å². The van der Waals surface area contributed by atoms with Crippen LogP contribution in [0.3, 0.4) is 0 Å². The van der Waals surface area contributed by atoms with E-state index in [1.54, 1.807) is 4.90 Å². The molecule has 7 nitrogen and oxygen atoms in total. The predicted molar refractivity (Wildman–Crippen MR) is 115 cm³/mol. The molecule has 1 aromatic carbocycles. The molecule has 0 fully saturated rings. The first-order valence-electron chi connectivity index (χ1n) is 10.2. The molecule has 0 atom stereocenters. The molecule has 0 spiro atoms. The molecule has 0 saturated carbocycles. The molecule has 156 valence electrons. The highest BCUT2D eigenvalue weighted by Gasteiger charge is 2.25. The number of amides is 1. The highest BCUT2D eigenvalue weighted by Crippen LogP contribution is 2.33. The van der Waals surface area contributed by atoms with Gasteiger partial charge in [0.25, 0.3) is 5.91 Å². The van der Waals surface area contributed by atoms with Crippen molar-refractivity contribution >= 4 is 33.3 Å². The molecule has 2 N–H and O–H groups in total. The first-order valence-corrected chi connectivity index (χ1v) is 11.1. The van der Waals surface area contributed by atoms with Gasteiger partial charge in [-0.2, -0.15) is 0 Å². The maximum absolute atomic E-state index is 12.7. The topological polar surface area (TPSA) is 98.7 Å². The van der Waals surface area contributed by atoms with E-state index in [0.717, 1.165) is 58.3 Å². The van der Waals surface area contributed by atoms with Crippen LogP contribution in [-0.4, -0.2) is 28.9 Å². The third-order valence-corrected chi connectivity index (χ3v) is 6.95. The van der Waals surface area contributed by atoms with Gasteiger partial charge in [0.1, 0.15) is 11.3 Å². The van der Waals surface area contributed by atoms with Crippen LogP contribution in [0.1, 0.15) is 40.1 Å². The molecule has 8 heteroatoms. The fraction of sp³-hybridized carbons (Fsp3) is 0.409. The second-order valence-electron chi connectivity index (χ2n) is 7.90. The Morgan fingerprint density at radius 3 is 2.90 bits per heavy atom. The molecule has 0 saturated heterocycles. The molecule has 3 aromatic rings. The van der Waals surface area contributed by atoms with E-state index in [1.807, 2.05) is 19.1 Å². The van der Waals surface area contributed by atoms with Crippen molar-refractivity contribution in [1.29, 1.82) is 0 Å². The summed E-state index contributed by atoms with van der Waals surface area (Å²) in [5.41, 5.74) is 9.75. The third kappa shape index (κ3) is 3.25. The van der Waals surface area contributed by atoms with Gasteiger partial charge in [0.2, 0.25) is 0 Å². The molecule has 0 radical (unpaired) electrons. The molecule has 2 aliphatic rings. The largest absolute Gasteiger partial charge is 0.483 e. The number of hydrogen-bond donors (Lipinski definition) is 1. The Bertz CT molecular complexity index is 1210. The number of carbonyl (C=O) groups is 1. The minimum absolute atomic E-state index is 0.0643. The van der Waals surface area contributed by atoms with Crippen molar-refractivity contribution in [1.82, 2.24) is 9.88 Å². The lowest BCUT2D eigenvalue weighted by atomic mass is 9.90. The van der Waals surface area contributed by atoms with E-state index in [2.05, 4.69) is 4.98 Å². The minimum Gasteiger partial charge on any atom is -0.483 e. The number of aryl methyl sites for hydroxylation is 2. The first-order chi connectivity index (χ1) is 14.5. The molecule has 1 aliphatic heterocycles. The Kier molecular flexibility index (Phi) is 4.73. The zero-order valence-electron chi connectivity index (χ0n) is 16.8. The quantitative estimate of drug-likeness (QED) is 0.648. The van der Waals surface area contributed by atoms with E-state index >= 15 is 0 Å². The first kappa shape index (κ1) is 19.1. The molecule has 30 heavy (non-hydrogen) atoms. The molecular formula is C22H23N3O4S. The van der Waals surface area contributed by atoms with Crippen molar-refractivity contribution in [2.24, 2.45) is 0 Å². The number of carbonyl (C=O) groups excluding carboxylic acids is 1. The number of ether oxygens (including phenoxy) is 1. The minimum atomic E-state index is -0.249. The second kappa shape index (κ2) is 7.43. The van der Waals surface area contributed by atoms with Crippen molar-refractivity contribution in [3.8, 4) is 5.75 Å². The van der Waals surface area contributed by atoms with Crippen LogP contribution in [-0.2, 0) is 30.6 Å². The Balaban J connectivity index is 1.35. The Labute approximate surface area is 177 Å². The van der Waals surface area contributed by atoms with Gasteiger partial charge in [-0.15, -0.1) is 11.3 Å². The van der Waals surface area contributed by atoms with Gasteiger partial charge < -0.3 is 19.8 Å². The summed E-state index contributed by atoms with van der Waals surface area (Å²) in [4.78, 5) is 32.2.